The van der Waals surface area contributed by atoms with E-state index in [4.69, 9.17) is 17.3 Å². The summed E-state index contributed by atoms with van der Waals surface area (Å²) in [6.07, 6.45) is 1.96. The van der Waals surface area contributed by atoms with Crippen LogP contribution in [0.15, 0.2) is 66.7 Å². The van der Waals surface area contributed by atoms with Gasteiger partial charge in [-0.15, -0.1) is 0 Å². The summed E-state index contributed by atoms with van der Waals surface area (Å²) in [7, 11) is 0. The van der Waals surface area contributed by atoms with E-state index in [9.17, 15) is 0 Å². The van der Waals surface area contributed by atoms with E-state index in [1.807, 2.05) is 12.1 Å². The van der Waals surface area contributed by atoms with Crippen LogP contribution in [-0.2, 0) is 6.42 Å². The molecule has 1 aliphatic rings. The van der Waals surface area contributed by atoms with Gasteiger partial charge in [0.05, 0.1) is 0 Å². The SMILES string of the molecule is N[C@]1(Cc2ccc3ccccc3c2)C[C@@H]1c1ccc(Cl)cc1. The summed E-state index contributed by atoms with van der Waals surface area (Å²) in [5.41, 5.74) is 9.11. The Hall–Kier alpha value is -1.83. The number of rotatable bonds is 3. The highest BCUT2D eigenvalue weighted by Crippen LogP contribution is 2.51. The van der Waals surface area contributed by atoms with E-state index in [0.717, 1.165) is 17.9 Å². The second-order valence-corrected chi connectivity index (χ2v) is 6.84. The van der Waals surface area contributed by atoms with Gasteiger partial charge in [-0.25, -0.2) is 0 Å². The van der Waals surface area contributed by atoms with Gasteiger partial charge in [-0.05, 0) is 46.9 Å². The first-order chi connectivity index (χ1) is 10.6. The second-order valence-electron chi connectivity index (χ2n) is 6.40. The largest absolute Gasteiger partial charge is 0.324 e. The summed E-state index contributed by atoms with van der Waals surface area (Å²) < 4.78 is 0. The molecule has 1 saturated carbocycles. The monoisotopic (exact) mass is 307 g/mol. The first-order valence-corrected chi connectivity index (χ1v) is 8.04. The van der Waals surface area contributed by atoms with Crippen molar-refractivity contribution in [1.82, 2.24) is 0 Å². The Morgan fingerprint density at radius 2 is 1.68 bits per heavy atom. The lowest BCUT2D eigenvalue weighted by molar-refractivity contribution is 0.646. The van der Waals surface area contributed by atoms with E-state index in [1.165, 1.54) is 21.9 Å². The van der Waals surface area contributed by atoms with Gasteiger partial charge in [0, 0.05) is 16.5 Å². The van der Waals surface area contributed by atoms with E-state index in [2.05, 4.69) is 54.6 Å². The molecule has 0 heterocycles. The van der Waals surface area contributed by atoms with Crippen LogP contribution in [0.2, 0.25) is 5.02 Å². The predicted molar refractivity (Wildman–Crippen MR) is 93.4 cm³/mol. The molecule has 1 aliphatic carbocycles. The number of hydrogen-bond donors (Lipinski definition) is 1. The molecule has 0 saturated heterocycles. The maximum Gasteiger partial charge on any atom is 0.0406 e. The van der Waals surface area contributed by atoms with Crippen molar-refractivity contribution in [2.75, 3.05) is 0 Å². The molecule has 0 amide bonds. The molecule has 0 aromatic heterocycles. The van der Waals surface area contributed by atoms with Crippen LogP contribution < -0.4 is 5.73 Å². The highest BCUT2D eigenvalue weighted by molar-refractivity contribution is 6.30. The predicted octanol–water partition coefficient (Wildman–Crippen LogP) is 4.92. The van der Waals surface area contributed by atoms with Crippen molar-refractivity contribution in [2.24, 2.45) is 5.73 Å². The van der Waals surface area contributed by atoms with Crippen LogP contribution in [0.1, 0.15) is 23.5 Å². The minimum atomic E-state index is -0.115. The molecule has 2 heteroatoms. The minimum Gasteiger partial charge on any atom is -0.324 e. The maximum atomic E-state index is 6.60. The second kappa shape index (κ2) is 5.12. The zero-order valence-corrected chi connectivity index (χ0v) is 13.1. The Bertz CT molecular complexity index is 824. The molecule has 3 aromatic carbocycles. The van der Waals surface area contributed by atoms with Crippen molar-refractivity contribution in [1.29, 1.82) is 0 Å². The quantitative estimate of drug-likeness (QED) is 0.730. The fraction of sp³-hybridized carbons (Fsp3) is 0.200. The molecule has 0 unspecified atom stereocenters. The summed E-state index contributed by atoms with van der Waals surface area (Å²) in [6, 6.07) is 23.2. The average Bonchev–Trinajstić information content (AvgIpc) is 3.19. The Balaban J connectivity index is 1.56. The van der Waals surface area contributed by atoms with Gasteiger partial charge in [-0.3, -0.25) is 0 Å². The average molecular weight is 308 g/mol. The molecule has 0 radical (unpaired) electrons. The fourth-order valence-electron chi connectivity index (χ4n) is 3.39. The zero-order chi connectivity index (χ0) is 15.2. The molecular weight excluding hydrogens is 290 g/mol. The van der Waals surface area contributed by atoms with Crippen molar-refractivity contribution in [2.45, 2.75) is 24.3 Å². The first-order valence-electron chi connectivity index (χ1n) is 7.66. The topological polar surface area (TPSA) is 26.0 Å². The Morgan fingerprint density at radius 3 is 2.45 bits per heavy atom. The first kappa shape index (κ1) is 13.8. The standard InChI is InChI=1S/C20H18ClN/c21-18-9-7-16(8-10-18)19-13-20(19,22)12-14-5-6-15-3-1-2-4-17(15)11-14/h1-11,19H,12-13,22H2/t19-,20-/m1/s1. The van der Waals surface area contributed by atoms with Crippen molar-refractivity contribution >= 4 is 22.4 Å². The summed E-state index contributed by atoms with van der Waals surface area (Å²) in [6.45, 7) is 0. The third-order valence-corrected chi connectivity index (χ3v) is 4.99. The summed E-state index contributed by atoms with van der Waals surface area (Å²) in [5.74, 6) is 0.441. The van der Waals surface area contributed by atoms with E-state index in [-0.39, 0.29) is 5.54 Å². The molecule has 0 spiro atoms. The fourth-order valence-corrected chi connectivity index (χ4v) is 3.52. The van der Waals surface area contributed by atoms with Crippen LogP contribution in [0.3, 0.4) is 0 Å². The normalized spacial score (nSPS) is 23.6. The number of halogens is 1. The van der Waals surface area contributed by atoms with Crippen molar-refractivity contribution < 1.29 is 0 Å². The van der Waals surface area contributed by atoms with Crippen LogP contribution in [-0.4, -0.2) is 5.54 Å². The highest BCUT2D eigenvalue weighted by atomic mass is 35.5. The molecule has 2 N–H and O–H groups in total. The molecular formula is C20H18ClN. The van der Waals surface area contributed by atoms with Gasteiger partial charge in [-0.1, -0.05) is 66.2 Å². The number of nitrogens with two attached hydrogens (primary N) is 1. The van der Waals surface area contributed by atoms with Crippen LogP contribution in [0.25, 0.3) is 10.8 Å². The highest BCUT2D eigenvalue weighted by Gasteiger charge is 2.51. The minimum absolute atomic E-state index is 0.115. The van der Waals surface area contributed by atoms with Gasteiger partial charge in [0.1, 0.15) is 0 Å². The molecule has 1 fully saturated rings. The lowest BCUT2D eigenvalue weighted by Crippen LogP contribution is -2.27. The molecule has 3 aromatic rings. The third kappa shape index (κ3) is 2.51. The van der Waals surface area contributed by atoms with Gasteiger partial charge in [0.2, 0.25) is 0 Å². The van der Waals surface area contributed by atoms with E-state index in [0.29, 0.717) is 5.92 Å². The number of fused-ring (bicyclic) bond motifs is 1. The van der Waals surface area contributed by atoms with E-state index < -0.39 is 0 Å². The number of hydrogen-bond acceptors (Lipinski definition) is 1. The Kier molecular flexibility index (Phi) is 3.21. The molecule has 0 bridgehead atoms. The van der Waals surface area contributed by atoms with Crippen LogP contribution in [0, 0.1) is 0 Å². The van der Waals surface area contributed by atoms with Crippen LogP contribution >= 0.6 is 11.6 Å². The van der Waals surface area contributed by atoms with Gasteiger partial charge < -0.3 is 5.73 Å². The van der Waals surface area contributed by atoms with Gasteiger partial charge in [0.15, 0.2) is 0 Å². The lowest BCUT2D eigenvalue weighted by atomic mass is 9.97. The lowest BCUT2D eigenvalue weighted by Gasteiger charge is -2.13. The van der Waals surface area contributed by atoms with E-state index in [1.54, 1.807) is 0 Å². The molecule has 22 heavy (non-hydrogen) atoms. The summed E-state index contributed by atoms with van der Waals surface area (Å²) in [4.78, 5) is 0. The Labute approximate surface area is 135 Å². The summed E-state index contributed by atoms with van der Waals surface area (Å²) in [5, 5.41) is 3.34. The van der Waals surface area contributed by atoms with Crippen molar-refractivity contribution in [3.8, 4) is 0 Å². The molecule has 1 nitrogen and oxygen atoms in total. The molecule has 110 valence electrons. The van der Waals surface area contributed by atoms with Crippen molar-refractivity contribution in [3.63, 3.8) is 0 Å². The zero-order valence-electron chi connectivity index (χ0n) is 12.3. The maximum absolute atomic E-state index is 6.60. The van der Waals surface area contributed by atoms with Crippen LogP contribution in [0.5, 0.6) is 0 Å². The Morgan fingerprint density at radius 1 is 0.955 bits per heavy atom. The van der Waals surface area contributed by atoms with Crippen LogP contribution in [0.4, 0.5) is 0 Å². The summed E-state index contributed by atoms with van der Waals surface area (Å²) >= 11 is 5.96. The third-order valence-electron chi connectivity index (χ3n) is 4.74. The molecule has 2 atom stereocenters. The smallest absolute Gasteiger partial charge is 0.0406 e. The van der Waals surface area contributed by atoms with Gasteiger partial charge >= 0.3 is 0 Å². The number of benzene rings is 3. The van der Waals surface area contributed by atoms with Crippen molar-refractivity contribution in [3.05, 3.63) is 82.9 Å². The van der Waals surface area contributed by atoms with E-state index >= 15 is 0 Å². The molecule has 4 rings (SSSR count). The van der Waals surface area contributed by atoms with Gasteiger partial charge in [-0.2, -0.15) is 0 Å². The van der Waals surface area contributed by atoms with Gasteiger partial charge in [0.25, 0.3) is 0 Å². The molecule has 0 aliphatic heterocycles.